The molecule has 0 bridgehead atoms. The molecule has 0 saturated heterocycles. The van der Waals surface area contributed by atoms with E-state index in [9.17, 15) is 4.39 Å². The Balaban J connectivity index is 2.88. The molecule has 0 heterocycles. The van der Waals surface area contributed by atoms with Crippen LogP contribution in [0.1, 0.15) is 0 Å². The van der Waals surface area contributed by atoms with Crippen LogP contribution in [-0.4, -0.2) is 7.28 Å². The van der Waals surface area contributed by atoms with Crippen LogP contribution in [0.4, 0.5) is 4.39 Å². The van der Waals surface area contributed by atoms with E-state index in [2.05, 4.69) is 0 Å². The van der Waals surface area contributed by atoms with Crippen molar-refractivity contribution in [2.24, 2.45) is 0 Å². The summed E-state index contributed by atoms with van der Waals surface area (Å²) in [6, 6.07) is 6.57. The van der Waals surface area contributed by atoms with Crippen molar-refractivity contribution in [1.29, 1.82) is 0 Å². The fourth-order valence-corrected chi connectivity index (χ4v) is 0.720. The van der Waals surface area contributed by atoms with Gasteiger partial charge >= 0.3 is 0 Å². The second kappa shape index (κ2) is 2.67. The lowest BCUT2D eigenvalue weighted by atomic mass is 9.73. The van der Waals surface area contributed by atoms with Gasteiger partial charge in [-0.05, 0) is 12.1 Å². The van der Waals surface area contributed by atoms with Gasteiger partial charge in [0.25, 0.3) is 0 Å². The molecule has 0 aliphatic carbocycles. The molecule has 1 aromatic rings. The van der Waals surface area contributed by atoms with Gasteiger partial charge in [0.05, 0.1) is 0 Å². The zero-order valence-corrected chi connectivity index (χ0v) is 5.39. The van der Waals surface area contributed by atoms with Gasteiger partial charge in [-0.2, -0.15) is 0 Å². The fraction of sp³-hybridized carbons (Fsp3) is 0.143. The molecule has 2 heteroatoms. The van der Waals surface area contributed by atoms with Crippen molar-refractivity contribution in [3.63, 3.8) is 0 Å². The van der Waals surface area contributed by atoms with Crippen LogP contribution < -0.4 is 5.46 Å². The Bertz CT molecular complexity index is 181. The van der Waals surface area contributed by atoms with E-state index in [4.69, 9.17) is 0 Å². The maximum absolute atomic E-state index is 12.2. The van der Waals surface area contributed by atoms with Gasteiger partial charge in [0.15, 0.2) is 7.28 Å². The van der Waals surface area contributed by atoms with Crippen LogP contribution in [0.2, 0.25) is 6.82 Å². The quantitative estimate of drug-likeness (QED) is 0.486. The van der Waals surface area contributed by atoms with Gasteiger partial charge in [-0.15, -0.1) is 0 Å². The van der Waals surface area contributed by atoms with Crippen LogP contribution in [-0.2, 0) is 0 Å². The smallest absolute Gasteiger partial charge is 0.154 e. The van der Waals surface area contributed by atoms with Crippen LogP contribution >= 0.6 is 0 Å². The van der Waals surface area contributed by atoms with E-state index in [0.717, 1.165) is 7.28 Å². The number of rotatable bonds is 1. The SMILES string of the molecule is CBc1ccc(F)cc1. The van der Waals surface area contributed by atoms with Crippen molar-refractivity contribution in [2.45, 2.75) is 6.82 Å². The summed E-state index contributed by atoms with van der Waals surface area (Å²) in [6.45, 7) is 2.05. The van der Waals surface area contributed by atoms with Crippen molar-refractivity contribution >= 4 is 12.7 Å². The summed E-state index contributed by atoms with van der Waals surface area (Å²) >= 11 is 0. The van der Waals surface area contributed by atoms with E-state index >= 15 is 0 Å². The number of halogens is 1. The minimum absolute atomic E-state index is 0.160. The Morgan fingerprint density at radius 2 is 1.78 bits per heavy atom. The summed E-state index contributed by atoms with van der Waals surface area (Å²) in [5.41, 5.74) is 1.18. The molecule has 0 fully saturated rings. The van der Waals surface area contributed by atoms with E-state index in [-0.39, 0.29) is 5.82 Å². The number of hydrogen-bond acceptors (Lipinski definition) is 0. The lowest BCUT2D eigenvalue weighted by Gasteiger charge is -1.91. The lowest BCUT2D eigenvalue weighted by Crippen LogP contribution is -2.08. The topological polar surface area (TPSA) is 0 Å². The minimum atomic E-state index is -0.160. The molecular formula is C7H8BF. The Labute approximate surface area is 54.9 Å². The predicted octanol–water partition coefficient (Wildman–Crippen LogP) is 0.936. The summed E-state index contributed by atoms with van der Waals surface area (Å²) < 4.78 is 12.2. The largest absolute Gasteiger partial charge is 0.207 e. The summed E-state index contributed by atoms with van der Waals surface area (Å²) in [7, 11) is 0.972. The van der Waals surface area contributed by atoms with Gasteiger partial charge in [-0.1, -0.05) is 24.4 Å². The van der Waals surface area contributed by atoms with Gasteiger partial charge in [0.1, 0.15) is 5.82 Å². The maximum atomic E-state index is 12.2. The predicted molar refractivity (Wildman–Crippen MR) is 39.0 cm³/mol. The van der Waals surface area contributed by atoms with Crippen molar-refractivity contribution in [3.8, 4) is 0 Å². The summed E-state index contributed by atoms with van der Waals surface area (Å²) in [4.78, 5) is 0. The van der Waals surface area contributed by atoms with Crippen molar-refractivity contribution in [3.05, 3.63) is 30.1 Å². The second-order valence-electron chi connectivity index (χ2n) is 1.98. The zero-order valence-electron chi connectivity index (χ0n) is 5.39. The Morgan fingerprint density at radius 1 is 1.22 bits per heavy atom. The normalized spacial score (nSPS) is 9.11. The zero-order chi connectivity index (χ0) is 6.69. The highest BCUT2D eigenvalue weighted by molar-refractivity contribution is 6.51. The molecule has 0 unspecified atom stereocenters. The summed E-state index contributed by atoms with van der Waals surface area (Å²) in [6.07, 6.45) is 0. The lowest BCUT2D eigenvalue weighted by molar-refractivity contribution is 0.628. The molecule has 0 aromatic heterocycles. The Morgan fingerprint density at radius 3 is 2.22 bits per heavy atom. The second-order valence-corrected chi connectivity index (χ2v) is 1.98. The van der Waals surface area contributed by atoms with Crippen molar-refractivity contribution < 1.29 is 4.39 Å². The first-order chi connectivity index (χ1) is 4.33. The molecular weight excluding hydrogens is 114 g/mol. The average molecular weight is 122 g/mol. The van der Waals surface area contributed by atoms with Gasteiger partial charge in [-0.25, -0.2) is 4.39 Å². The van der Waals surface area contributed by atoms with Crippen LogP contribution in [0, 0.1) is 5.82 Å². The molecule has 0 spiro atoms. The fourth-order valence-electron chi connectivity index (χ4n) is 0.720. The molecule has 0 saturated carbocycles. The molecule has 0 radical (unpaired) electrons. The van der Waals surface area contributed by atoms with Gasteiger partial charge in [0, 0.05) is 0 Å². The van der Waals surface area contributed by atoms with Gasteiger partial charge in [-0.3, -0.25) is 0 Å². The van der Waals surface area contributed by atoms with Crippen LogP contribution in [0.3, 0.4) is 0 Å². The van der Waals surface area contributed by atoms with E-state index in [1.807, 2.05) is 6.82 Å². The molecule has 0 amide bonds. The molecule has 0 atom stereocenters. The number of benzene rings is 1. The van der Waals surface area contributed by atoms with E-state index in [1.54, 1.807) is 12.1 Å². The van der Waals surface area contributed by atoms with Crippen LogP contribution in [0.25, 0.3) is 0 Å². The molecule has 9 heavy (non-hydrogen) atoms. The molecule has 0 aliphatic rings. The van der Waals surface area contributed by atoms with Crippen LogP contribution in [0.15, 0.2) is 24.3 Å². The molecule has 0 aliphatic heterocycles. The van der Waals surface area contributed by atoms with E-state index in [1.165, 1.54) is 17.6 Å². The molecule has 1 aromatic carbocycles. The third-order valence-electron chi connectivity index (χ3n) is 1.32. The maximum Gasteiger partial charge on any atom is 0.154 e. The standard InChI is InChI=1S/C7H8BF/c1-8-6-2-4-7(9)5-3-6/h2-5,8H,1H3. The van der Waals surface area contributed by atoms with Crippen LogP contribution in [0.5, 0.6) is 0 Å². The molecule has 0 N–H and O–H groups in total. The monoisotopic (exact) mass is 122 g/mol. The minimum Gasteiger partial charge on any atom is -0.207 e. The number of hydrogen-bond donors (Lipinski definition) is 0. The highest BCUT2D eigenvalue weighted by atomic mass is 19.1. The van der Waals surface area contributed by atoms with E-state index < -0.39 is 0 Å². The third kappa shape index (κ3) is 1.56. The third-order valence-corrected chi connectivity index (χ3v) is 1.32. The highest BCUT2D eigenvalue weighted by Gasteiger charge is 1.88. The van der Waals surface area contributed by atoms with Crippen molar-refractivity contribution in [2.75, 3.05) is 0 Å². The highest BCUT2D eigenvalue weighted by Crippen LogP contribution is 1.90. The first-order valence-corrected chi connectivity index (χ1v) is 3.07. The molecule has 46 valence electrons. The Kier molecular flexibility index (Phi) is 1.88. The van der Waals surface area contributed by atoms with E-state index in [0.29, 0.717) is 0 Å². The Hall–Kier alpha value is -0.785. The first kappa shape index (κ1) is 6.34. The molecule has 0 nitrogen and oxygen atoms in total. The summed E-state index contributed by atoms with van der Waals surface area (Å²) in [5, 5.41) is 0. The van der Waals surface area contributed by atoms with Gasteiger partial charge in [0.2, 0.25) is 0 Å². The van der Waals surface area contributed by atoms with Gasteiger partial charge < -0.3 is 0 Å². The summed E-state index contributed by atoms with van der Waals surface area (Å²) in [5.74, 6) is -0.160. The average Bonchev–Trinajstić information content (AvgIpc) is 1.90. The van der Waals surface area contributed by atoms with Crippen molar-refractivity contribution in [1.82, 2.24) is 0 Å². The first-order valence-electron chi connectivity index (χ1n) is 3.07. The molecule has 1 rings (SSSR count).